The van der Waals surface area contributed by atoms with Gasteiger partial charge in [0.05, 0.1) is 0 Å². The van der Waals surface area contributed by atoms with Gasteiger partial charge in [0.1, 0.15) is 13.1 Å². The van der Waals surface area contributed by atoms with Gasteiger partial charge in [0.25, 0.3) is 0 Å². The molecule has 2 aromatic rings. The Morgan fingerprint density at radius 2 is 1.64 bits per heavy atom. The van der Waals surface area contributed by atoms with Crippen LogP contribution in [-0.2, 0) is 9.59 Å². The third-order valence-corrected chi connectivity index (χ3v) is 2.78. The predicted octanol–water partition coefficient (Wildman–Crippen LogP) is 6.72. The van der Waals surface area contributed by atoms with Crippen molar-refractivity contribution in [1.82, 2.24) is 4.98 Å². The van der Waals surface area contributed by atoms with Gasteiger partial charge in [-0.25, -0.2) is 4.98 Å². The Kier molecular flexibility index (Phi) is 33.4. The zero-order valence-electron chi connectivity index (χ0n) is 18.9. The molecule has 162 valence electrons. The largest absolute Gasteiger partial charge is 0.365 e. The van der Waals surface area contributed by atoms with Crippen LogP contribution in [0.25, 0.3) is 0 Å². The molecule has 0 bridgehead atoms. The average Bonchev–Trinajstić information content (AvgIpc) is 3.20. The fourth-order valence-corrected chi connectivity index (χ4v) is 1.49. The van der Waals surface area contributed by atoms with E-state index in [1.165, 1.54) is 5.56 Å². The van der Waals surface area contributed by atoms with E-state index < -0.39 is 0 Å². The Morgan fingerprint density at radius 3 is 1.79 bits per heavy atom. The Morgan fingerprint density at radius 1 is 1.18 bits per heavy atom. The Balaban J connectivity index is -0.000000131. The van der Waals surface area contributed by atoms with Crippen LogP contribution in [-0.4, -0.2) is 29.9 Å². The van der Waals surface area contributed by atoms with E-state index in [9.17, 15) is 4.79 Å². The van der Waals surface area contributed by atoms with Crippen molar-refractivity contribution < 1.29 is 9.59 Å². The van der Waals surface area contributed by atoms with Crippen molar-refractivity contribution in [2.45, 2.75) is 66.1 Å². The predicted molar refractivity (Wildman–Crippen MR) is 131 cm³/mol. The molecule has 0 spiro atoms. The van der Waals surface area contributed by atoms with E-state index >= 15 is 0 Å². The zero-order valence-corrected chi connectivity index (χ0v) is 20.6. The molecule has 1 aromatic carbocycles. The van der Waals surface area contributed by atoms with Crippen LogP contribution in [0.2, 0.25) is 0 Å². The standard InChI is InChI=1S/C7H8.C4H6N2S.C4H8O.C4H10S.C2H6.CH2O/c1-7-5-3-2-4-6-7;1-5-4-6-2-3-7-4;1-2-3-4-5;1-4(2,3)5;2*1-2/h2-6H,1H3;2-3H,1H3,(H,5,6);4H,2-3H2,1H3;5H,1-3H3;1-2H3;1H2. The van der Waals surface area contributed by atoms with E-state index in [-0.39, 0.29) is 4.75 Å². The minimum atomic E-state index is 0.194. The minimum Gasteiger partial charge on any atom is -0.365 e. The second-order valence-corrected chi connectivity index (χ2v) is 8.10. The van der Waals surface area contributed by atoms with Gasteiger partial charge in [-0.1, -0.05) is 77.4 Å². The quantitative estimate of drug-likeness (QED) is 0.421. The normalized spacial score (nSPS) is 8.18. The molecule has 0 aliphatic heterocycles. The highest BCUT2D eigenvalue weighted by molar-refractivity contribution is 7.81. The molecule has 0 atom stereocenters. The number of aryl methyl sites for hydroxylation is 1. The third-order valence-electron chi connectivity index (χ3n) is 1.99. The Labute approximate surface area is 182 Å². The van der Waals surface area contributed by atoms with Crippen molar-refractivity contribution >= 4 is 42.2 Å². The molecule has 1 aromatic heterocycles. The first-order chi connectivity index (χ1) is 13.2. The maximum absolute atomic E-state index is 9.40. The lowest BCUT2D eigenvalue weighted by molar-refractivity contribution is -0.107. The van der Waals surface area contributed by atoms with Gasteiger partial charge in [0, 0.05) is 29.8 Å². The number of hydrogen-bond donors (Lipinski definition) is 2. The highest BCUT2D eigenvalue weighted by atomic mass is 32.1. The number of rotatable bonds is 3. The van der Waals surface area contributed by atoms with Gasteiger partial charge in [0.15, 0.2) is 5.13 Å². The van der Waals surface area contributed by atoms with Crippen LogP contribution >= 0.6 is 24.0 Å². The molecule has 1 N–H and O–H groups in total. The molecule has 0 unspecified atom stereocenters. The number of nitrogens with one attached hydrogen (secondary N) is 1. The van der Waals surface area contributed by atoms with E-state index in [2.05, 4.69) is 62.8 Å². The summed E-state index contributed by atoms with van der Waals surface area (Å²) in [4.78, 5) is 21.3. The smallest absolute Gasteiger partial charge is 0.182 e. The molecule has 0 aliphatic carbocycles. The third kappa shape index (κ3) is 44.1. The average molecular weight is 429 g/mol. The van der Waals surface area contributed by atoms with E-state index in [4.69, 9.17) is 4.79 Å². The first kappa shape index (κ1) is 33.9. The summed E-state index contributed by atoms with van der Waals surface area (Å²) in [6.45, 7) is 16.2. The van der Waals surface area contributed by atoms with Crippen LogP contribution in [0.5, 0.6) is 0 Å². The van der Waals surface area contributed by atoms with Crippen molar-refractivity contribution in [3.63, 3.8) is 0 Å². The number of thiol groups is 1. The number of anilines is 1. The molecule has 4 nitrogen and oxygen atoms in total. The summed E-state index contributed by atoms with van der Waals surface area (Å²) in [5.74, 6) is 0. The number of carbonyl (C=O) groups excluding carboxylic acids is 2. The molecule has 0 saturated carbocycles. The second kappa shape index (κ2) is 27.6. The van der Waals surface area contributed by atoms with Gasteiger partial charge >= 0.3 is 0 Å². The van der Waals surface area contributed by atoms with Crippen molar-refractivity contribution in [2.24, 2.45) is 0 Å². The fourth-order valence-electron chi connectivity index (χ4n) is 0.999. The summed E-state index contributed by atoms with van der Waals surface area (Å²) >= 11 is 5.72. The summed E-state index contributed by atoms with van der Waals surface area (Å²) in [6, 6.07) is 10.3. The van der Waals surface area contributed by atoms with Crippen molar-refractivity contribution in [1.29, 1.82) is 0 Å². The SMILES string of the molecule is C=O.CC.CC(C)(C)S.CCCC=O.CNc1nccs1.Cc1ccccc1. The molecule has 2 rings (SSSR count). The van der Waals surface area contributed by atoms with Gasteiger partial charge in [0.2, 0.25) is 0 Å². The van der Waals surface area contributed by atoms with Gasteiger partial charge in [-0.05, 0) is 13.3 Å². The van der Waals surface area contributed by atoms with Crippen molar-refractivity contribution in [2.75, 3.05) is 12.4 Å². The first-order valence-corrected chi connectivity index (χ1v) is 10.6. The van der Waals surface area contributed by atoms with Gasteiger partial charge < -0.3 is 14.9 Å². The molecule has 0 aliphatic rings. The molecule has 0 amide bonds. The first-order valence-electron chi connectivity index (χ1n) is 9.28. The number of hydrogen-bond acceptors (Lipinski definition) is 6. The number of benzene rings is 1. The minimum absolute atomic E-state index is 0.194. The Hall–Kier alpha value is -1.66. The highest BCUT2D eigenvalue weighted by Crippen LogP contribution is 2.07. The molecule has 0 saturated heterocycles. The lowest BCUT2D eigenvalue weighted by atomic mass is 10.2. The second-order valence-electron chi connectivity index (χ2n) is 5.87. The summed E-state index contributed by atoms with van der Waals surface area (Å²) in [5.41, 5.74) is 1.32. The van der Waals surface area contributed by atoms with Crippen LogP contribution in [0.4, 0.5) is 5.13 Å². The summed E-state index contributed by atoms with van der Waals surface area (Å²) < 4.78 is 0.194. The van der Waals surface area contributed by atoms with Crippen LogP contribution in [0.1, 0.15) is 59.9 Å². The van der Waals surface area contributed by atoms with E-state index in [0.717, 1.165) is 17.8 Å². The number of carbonyl (C=O) groups is 2. The van der Waals surface area contributed by atoms with E-state index in [1.54, 1.807) is 17.5 Å². The zero-order chi connectivity index (χ0) is 22.8. The maximum Gasteiger partial charge on any atom is 0.182 e. The number of nitrogens with zero attached hydrogens (tertiary/aromatic N) is 1. The highest BCUT2D eigenvalue weighted by Gasteiger charge is 1.96. The topological polar surface area (TPSA) is 59.1 Å². The van der Waals surface area contributed by atoms with Crippen molar-refractivity contribution in [3.8, 4) is 0 Å². The van der Waals surface area contributed by atoms with Gasteiger partial charge in [-0.3, -0.25) is 0 Å². The summed E-state index contributed by atoms with van der Waals surface area (Å²) in [5, 5.41) is 5.82. The van der Waals surface area contributed by atoms with Crippen LogP contribution in [0.15, 0.2) is 41.9 Å². The van der Waals surface area contributed by atoms with Gasteiger partial charge in [-0.15, -0.1) is 11.3 Å². The Bertz CT molecular complexity index is 493. The number of unbranched alkanes of at least 4 members (excludes halogenated alkanes) is 1. The number of thiazole rings is 1. The van der Waals surface area contributed by atoms with E-state index in [1.807, 2.05) is 58.2 Å². The van der Waals surface area contributed by atoms with Crippen LogP contribution in [0, 0.1) is 6.92 Å². The molecular formula is C22H40N2O2S2. The molecule has 0 radical (unpaired) electrons. The van der Waals surface area contributed by atoms with E-state index in [0.29, 0.717) is 6.42 Å². The molecule has 1 heterocycles. The lowest BCUT2D eigenvalue weighted by Crippen LogP contribution is -1.99. The molecule has 28 heavy (non-hydrogen) atoms. The maximum atomic E-state index is 9.40. The molecule has 0 fully saturated rings. The monoisotopic (exact) mass is 428 g/mol. The lowest BCUT2D eigenvalue weighted by Gasteiger charge is -2.04. The fraction of sp³-hybridized carbons (Fsp3) is 0.500. The van der Waals surface area contributed by atoms with Gasteiger partial charge in [-0.2, -0.15) is 12.6 Å². The molecule has 6 heteroatoms. The molecular weight excluding hydrogens is 388 g/mol. The van der Waals surface area contributed by atoms with Crippen LogP contribution < -0.4 is 5.32 Å². The summed E-state index contributed by atoms with van der Waals surface area (Å²) in [6.07, 6.45) is 4.39. The number of aldehydes is 1. The van der Waals surface area contributed by atoms with Crippen LogP contribution in [0.3, 0.4) is 0 Å². The van der Waals surface area contributed by atoms with Crippen molar-refractivity contribution in [3.05, 3.63) is 47.5 Å². The number of aromatic nitrogens is 1. The summed E-state index contributed by atoms with van der Waals surface area (Å²) in [7, 11) is 1.86.